The topological polar surface area (TPSA) is 29.5 Å². The molecule has 3 aliphatic rings. The number of carbonyl (C=O) groups is 1. The van der Waals surface area contributed by atoms with E-state index in [1.54, 1.807) is 6.07 Å². The second-order valence-electron chi connectivity index (χ2n) is 9.37. The van der Waals surface area contributed by atoms with Gasteiger partial charge >= 0.3 is 6.09 Å². The Labute approximate surface area is 193 Å². The fraction of sp³-hybridized carbons (Fsp3) is 0.276. The highest BCUT2D eigenvalue weighted by atomic mass is 19.1. The second kappa shape index (κ2) is 7.87. The Hall–Kier alpha value is -3.40. The zero-order chi connectivity index (χ0) is 22.5. The summed E-state index contributed by atoms with van der Waals surface area (Å²) < 4.78 is 19.5. The van der Waals surface area contributed by atoms with Crippen LogP contribution in [0.15, 0.2) is 72.8 Å². The van der Waals surface area contributed by atoms with Crippen LogP contribution in [0.4, 0.5) is 9.18 Å². The lowest BCUT2D eigenvalue weighted by Gasteiger charge is -2.34. The van der Waals surface area contributed by atoms with E-state index in [9.17, 15) is 9.18 Å². The lowest BCUT2D eigenvalue weighted by Crippen LogP contribution is -2.43. The summed E-state index contributed by atoms with van der Waals surface area (Å²) in [4.78, 5) is 15.1. The average Bonchev–Trinajstić information content (AvgIpc) is 3.28. The maximum absolute atomic E-state index is 13.6. The van der Waals surface area contributed by atoms with Crippen molar-refractivity contribution in [2.75, 3.05) is 6.61 Å². The molecular weight excluding hydrogens is 413 g/mol. The van der Waals surface area contributed by atoms with Gasteiger partial charge in [-0.05, 0) is 77.3 Å². The maximum Gasteiger partial charge on any atom is 0.410 e. The van der Waals surface area contributed by atoms with E-state index in [-0.39, 0.29) is 29.9 Å². The molecule has 2 aliphatic heterocycles. The molecule has 3 aromatic carbocycles. The highest BCUT2D eigenvalue weighted by Crippen LogP contribution is 2.45. The first kappa shape index (κ1) is 20.2. The van der Waals surface area contributed by atoms with Crippen LogP contribution in [0.5, 0.6) is 0 Å². The van der Waals surface area contributed by atoms with Crippen LogP contribution in [-0.2, 0) is 4.74 Å². The molecule has 1 aliphatic carbocycles. The third-order valence-corrected chi connectivity index (χ3v) is 7.48. The first-order valence-corrected chi connectivity index (χ1v) is 11.7. The highest BCUT2D eigenvalue weighted by Gasteiger charge is 2.41. The van der Waals surface area contributed by atoms with E-state index in [4.69, 9.17) is 4.74 Å². The normalized spacial score (nSPS) is 20.9. The van der Waals surface area contributed by atoms with Gasteiger partial charge in [0.1, 0.15) is 12.4 Å². The molecule has 0 N–H and O–H groups in total. The number of halogens is 1. The Morgan fingerprint density at radius 3 is 2.33 bits per heavy atom. The first-order valence-electron chi connectivity index (χ1n) is 11.7. The minimum Gasteiger partial charge on any atom is -0.448 e. The van der Waals surface area contributed by atoms with Crippen molar-refractivity contribution in [1.29, 1.82) is 0 Å². The smallest absolute Gasteiger partial charge is 0.410 e. The molecular formula is C29H26FNO2. The summed E-state index contributed by atoms with van der Waals surface area (Å²) in [7, 11) is 0. The van der Waals surface area contributed by atoms with Crippen molar-refractivity contribution in [2.24, 2.45) is 0 Å². The molecule has 1 saturated heterocycles. The molecule has 166 valence electrons. The molecule has 3 aromatic rings. The van der Waals surface area contributed by atoms with E-state index < -0.39 is 0 Å². The van der Waals surface area contributed by atoms with Crippen LogP contribution in [0.2, 0.25) is 0 Å². The van der Waals surface area contributed by atoms with Gasteiger partial charge in [0.2, 0.25) is 0 Å². The summed E-state index contributed by atoms with van der Waals surface area (Å²) in [5.41, 5.74) is 8.14. The summed E-state index contributed by atoms with van der Waals surface area (Å²) >= 11 is 0. The molecule has 1 fully saturated rings. The molecule has 2 unspecified atom stereocenters. The molecule has 2 bridgehead atoms. The number of amides is 1. The lowest BCUT2D eigenvalue weighted by molar-refractivity contribution is 0.0866. The third kappa shape index (κ3) is 3.36. The standard InChI is InChI=1S/C29H26FNO2/c1-18-14-20(30)10-13-23(18)19-15-21-11-12-22(16-19)31(21)29(32)33-17-28-26-8-4-2-6-24(26)25-7-3-5-9-27(25)28/h2-10,13-15,21-22,28H,11-12,16-17H2,1H3. The molecule has 33 heavy (non-hydrogen) atoms. The van der Waals surface area contributed by atoms with Gasteiger partial charge in [-0.15, -0.1) is 0 Å². The number of nitrogens with zero attached hydrogens (tertiary/aromatic N) is 1. The second-order valence-corrected chi connectivity index (χ2v) is 9.37. The molecule has 0 radical (unpaired) electrons. The lowest BCUT2D eigenvalue weighted by atomic mass is 9.92. The number of carbonyl (C=O) groups excluding carboxylic acids is 1. The van der Waals surface area contributed by atoms with Crippen molar-refractivity contribution in [3.8, 4) is 11.1 Å². The minimum atomic E-state index is -0.226. The number of aryl methyl sites for hydroxylation is 1. The number of rotatable bonds is 3. The Balaban J connectivity index is 1.21. The van der Waals surface area contributed by atoms with Crippen molar-refractivity contribution in [1.82, 2.24) is 4.90 Å². The number of ether oxygens (including phenoxy) is 1. The molecule has 2 heterocycles. The maximum atomic E-state index is 13.6. The Kier molecular flexibility index (Phi) is 4.83. The molecule has 1 amide bonds. The van der Waals surface area contributed by atoms with Crippen LogP contribution in [0, 0.1) is 12.7 Å². The van der Waals surface area contributed by atoms with Crippen LogP contribution in [0.3, 0.4) is 0 Å². The first-order chi connectivity index (χ1) is 16.1. The van der Waals surface area contributed by atoms with Gasteiger partial charge in [-0.2, -0.15) is 0 Å². The van der Waals surface area contributed by atoms with E-state index in [0.29, 0.717) is 6.61 Å². The molecule has 0 saturated carbocycles. The Bertz CT molecular complexity index is 1230. The summed E-state index contributed by atoms with van der Waals surface area (Å²) in [6, 6.07) is 21.9. The van der Waals surface area contributed by atoms with E-state index in [1.165, 1.54) is 33.9 Å². The Morgan fingerprint density at radius 2 is 1.67 bits per heavy atom. The number of hydrogen-bond acceptors (Lipinski definition) is 2. The van der Waals surface area contributed by atoms with E-state index in [2.05, 4.69) is 42.5 Å². The molecule has 2 atom stereocenters. The summed E-state index contributed by atoms with van der Waals surface area (Å²) in [5.74, 6) is -0.146. The number of hydrogen-bond donors (Lipinski definition) is 0. The van der Waals surface area contributed by atoms with Gasteiger partial charge in [0.05, 0.1) is 6.04 Å². The third-order valence-electron chi connectivity index (χ3n) is 7.48. The van der Waals surface area contributed by atoms with Crippen molar-refractivity contribution in [3.63, 3.8) is 0 Å². The Morgan fingerprint density at radius 1 is 0.970 bits per heavy atom. The van der Waals surface area contributed by atoms with Gasteiger partial charge < -0.3 is 4.74 Å². The quantitative estimate of drug-likeness (QED) is 0.454. The van der Waals surface area contributed by atoms with Crippen molar-refractivity contribution >= 4 is 11.7 Å². The van der Waals surface area contributed by atoms with Gasteiger partial charge in [-0.25, -0.2) is 9.18 Å². The average molecular weight is 440 g/mol. The summed E-state index contributed by atoms with van der Waals surface area (Å²) in [6.07, 6.45) is 4.65. The molecule has 6 rings (SSSR count). The minimum absolute atomic E-state index is 0.0406. The van der Waals surface area contributed by atoms with Crippen molar-refractivity contribution < 1.29 is 13.9 Å². The predicted molar refractivity (Wildman–Crippen MR) is 127 cm³/mol. The monoisotopic (exact) mass is 439 g/mol. The predicted octanol–water partition coefficient (Wildman–Crippen LogP) is 6.70. The fourth-order valence-electron chi connectivity index (χ4n) is 5.97. The van der Waals surface area contributed by atoms with E-state index >= 15 is 0 Å². The van der Waals surface area contributed by atoms with Gasteiger partial charge in [0.15, 0.2) is 0 Å². The number of benzene rings is 3. The summed E-state index contributed by atoms with van der Waals surface area (Å²) in [6.45, 7) is 2.29. The van der Waals surface area contributed by atoms with Gasteiger partial charge in [0, 0.05) is 12.0 Å². The highest BCUT2D eigenvalue weighted by molar-refractivity contribution is 5.79. The van der Waals surface area contributed by atoms with Crippen LogP contribution in [0.25, 0.3) is 16.7 Å². The van der Waals surface area contributed by atoms with Gasteiger partial charge in [-0.1, -0.05) is 60.7 Å². The SMILES string of the molecule is Cc1cc(F)ccc1C1=CC2CCC(C1)N2C(=O)OCC1c2ccccc2-c2ccccc21. The van der Waals surface area contributed by atoms with Crippen LogP contribution in [-0.4, -0.2) is 29.7 Å². The van der Waals surface area contributed by atoms with E-state index in [0.717, 1.165) is 30.4 Å². The molecule has 0 aromatic heterocycles. The van der Waals surface area contributed by atoms with Crippen molar-refractivity contribution in [3.05, 3.63) is 101 Å². The van der Waals surface area contributed by atoms with Gasteiger partial charge in [0.25, 0.3) is 0 Å². The van der Waals surface area contributed by atoms with Gasteiger partial charge in [-0.3, -0.25) is 4.90 Å². The fourth-order valence-corrected chi connectivity index (χ4v) is 5.97. The largest absolute Gasteiger partial charge is 0.448 e. The molecule has 4 heteroatoms. The van der Waals surface area contributed by atoms with E-state index in [1.807, 2.05) is 30.0 Å². The zero-order valence-electron chi connectivity index (χ0n) is 18.6. The van der Waals surface area contributed by atoms with Crippen molar-refractivity contribution in [2.45, 2.75) is 44.2 Å². The zero-order valence-corrected chi connectivity index (χ0v) is 18.6. The number of fused-ring (bicyclic) bond motifs is 5. The summed E-state index contributed by atoms with van der Waals surface area (Å²) in [5, 5.41) is 0. The molecule has 0 spiro atoms. The van der Waals surface area contributed by atoms with Crippen LogP contribution < -0.4 is 0 Å². The van der Waals surface area contributed by atoms with Crippen LogP contribution >= 0.6 is 0 Å². The molecule has 3 nitrogen and oxygen atoms in total. The van der Waals surface area contributed by atoms with Crippen LogP contribution in [0.1, 0.15) is 47.4 Å².